The summed E-state index contributed by atoms with van der Waals surface area (Å²) < 4.78 is 99.4. The van der Waals surface area contributed by atoms with Gasteiger partial charge in [-0.15, -0.1) is 13.2 Å². The van der Waals surface area contributed by atoms with Gasteiger partial charge in [0.15, 0.2) is 0 Å². The lowest BCUT2D eigenvalue weighted by atomic mass is 10.0. The molecule has 90 heavy (non-hydrogen) atoms. The first-order valence-electron chi connectivity index (χ1n) is 28.2. The number of aryl methyl sites for hydroxylation is 3. The smallest absolute Gasteiger partial charge is 0.259 e. The topological polar surface area (TPSA) is 345 Å². The van der Waals surface area contributed by atoms with Crippen LogP contribution in [0.1, 0.15) is 137 Å². The van der Waals surface area contributed by atoms with E-state index < -0.39 is 46.7 Å². The Labute approximate surface area is 526 Å². The molecular formula is C65H76N10O12S3. The second-order valence-corrected chi connectivity index (χ2v) is 28.5. The highest BCUT2D eigenvalue weighted by Gasteiger charge is 2.32. The summed E-state index contributed by atoms with van der Waals surface area (Å²) in [5.74, 6) is -0.220. The highest BCUT2D eigenvalue weighted by Crippen LogP contribution is 2.32. The molecule has 25 heteroatoms. The van der Waals surface area contributed by atoms with Crippen molar-refractivity contribution in [1.29, 1.82) is 0 Å². The largest absolute Gasteiger partial charge is 0.490 e. The normalized spacial score (nSPS) is 15.0. The van der Waals surface area contributed by atoms with Crippen LogP contribution in [-0.2, 0) is 53.7 Å². The summed E-state index contributed by atoms with van der Waals surface area (Å²) >= 11 is 0. The van der Waals surface area contributed by atoms with Gasteiger partial charge in [-0.25, -0.2) is 25.3 Å². The molecule has 4 heterocycles. The SMILES string of the molecule is C.CC(C)(COc1cccc2c1C(N)=NS(=O)(=O)C2)NC(=O)c1ccccc1.CCc1ccccc1C(=O)NC(C)(C)COc1cccc2c1C(N)=NS(=O)(=O)C2.Cc1ccc2nc(C)cc(C(=O)NC(C)(C)COc3cccc4c3C(N)=NS(=O)(=O)C4)c2c1. The molecule has 3 aliphatic heterocycles. The fourth-order valence-electron chi connectivity index (χ4n) is 9.91. The third kappa shape index (κ3) is 17.4. The number of pyridine rings is 1. The van der Waals surface area contributed by atoms with Gasteiger partial charge in [0.25, 0.3) is 47.8 Å². The second kappa shape index (κ2) is 27.3. The molecule has 0 unspecified atom stereocenters. The molecule has 22 nitrogen and oxygen atoms in total. The van der Waals surface area contributed by atoms with Crippen LogP contribution >= 0.6 is 0 Å². The molecule has 3 aliphatic rings. The maximum atomic E-state index is 13.2. The molecule has 1 aromatic heterocycles. The molecule has 0 saturated carbocycles. The number of ether oxygens (including phenoxy) is 3. The van der Waals surface area contributed by atoms with Crippen LogP contribution in [-0.4, -0.2) is 102 Å². The first-order valence-corrected chi connectivity index (χ1v) is 33.0. The molecule has 7 aromatic rings. The van der Waals surface area contributed by atoms with Crippen LogP contribution in [0, 0.1) is 13.8 Å². The van der Waals surface area contributed by atoms with Gasteiger partial charge in [-0.3, -0.25) is 19.4 Å². The summed E-state index contributed by atoms with van der Waals surface area (Å²) in [5, 5.41) is 9.75. The first-order chi connectivity index (χ1) is 41.7. The van der Waals surface area contributed by atoms with Crippen molar-refractivity contribution >= 4 is 76.2 Å². The molecule has 10 rings (SSSR count). The van der Waals surface area contributed by atoms with Crippen LogP contribution in [0.25, 0.3) is 10.9 Å². The molecule has 6 aromatic carbocycles. The highest BCUT2D eigenvalue weighted by atomic mass is 32.2. The summed E-state index contributed by atoms with van der Waals surface area (Å²) in [5.41, 5.74) is 23.9. The summed E-state index contributed by atoms with van der Waals surface area (Å²) in [7, 11) is -10.8. The number of hydrogen-bond acceptors (Lipinski definition) is 16. The Hall–Kier alpha value is -9.20. The molecule has 0 bridgehead atoms. The fourth-order valence-corrected chi connectivity index (χ4v) is 13.2. The van der Waals surface area contributed by atoms with E-state index in [1.165, 1.54) is 0 Å². The molecule has 0 saturated heterocycles. The zero-order valence-electron chi connectivity index (χ0n) is 50.8. The number of carbonyl (C=O) groups excluding carboxylic acids is 3. The molecular weight excluding hydrogens is 1210 g/mol. The number of fused-ring (bicyclic) bond motifs is 4. The second-order valence-electron chi connectivity index (χ2n) is 23.6. The number of nitrogens with one attached hydrogen (secondary N) is 3. The predicted molar refractivity (Wildman–Crippen MR) is 351 cm³/mol. The zero-order chi connectivity index (χ0) is 64.9. The summed E-state index contributed by atoms with van der Waals surface area (Å²) in [6.45, 7) is 17.4. The predicted octanol–water partition coefficient (Wildman–Crippen LogP) is 7.83. The van der Waals surface area contributed by atoms with Gasteiger partial charge in [0.1, 0.15) is 54.6 Å². The number of nitrogens with zero attached hydrogens (tertiary/aromatic N) is 4. The van der Waals surface area contributed by atoms with Gasteiger partial charge in [0.05, 0.1) is 61.6 Å². The van der Waals surface area contributed by atoms with Gasteiger partial charge in [-0.05, 0) is 139 Å². The highest BCUT2D eigenvalue weighted by molar-refractivity contribution is 7.90. The van der Waals surface area contributed by atoms with Crippen LogP contribution in [0.3, 0.4) is 0 Å². The van der Waals surface area contributed by atoms with Crippen molar-refractivity contribution in [2.24, 2.45) is 30.4 Å². The Bertz CT molecular complexity index is 4360. The van der Waals surface area contributed by atoms with Crippen molar-refractivity contribution in [1.82, 2.24) is 20.9 Å². The lowest BCUT2D eigenvalue weighted by Crippen LogP contribution is -2.48. The van der Waals surface area contributed by atoms with E-state index in [9.17, 15) is 39.6 Å². The molecule has 0 aliphatic carbocycles. The number of aromatic nitrogens is 1. The lowest BCUT2D eigenvalue weighted by Gasteiger charge is -2.28. The van der Waals surface area contributed by atoms with Crippen LogP contribution < -0.4 is 47.4 Å². The van der Waals surface area contributed by atoms with E-state index in [1.54, 1.807) is 91.0 Å². The number of amides is 3. The minimum absolute atomic E-state index is 0. The van der Waals surface area contributed by atoms with Gasteiger partial charge in [0.2, 0.25) is 0 Å². The maximum Gasteiger partial charge on any atom is 0.259 e. The van der Waals surface area contributed by atoms with E-state index in [4.69, 9.17) is 31.4 Å². The third-order valence-electron chi connectivity index (χ3n) is 14.0. The Kier molecular flexibility index (Phi) is 20.7. The Balaban J connectivity index is 0.000000192. The number of rotatable bonds is 16. The van der Waals surface area contributed by atoms with Crippen LogP contribution in [0.15, 0.2) is 147 Å². The van der Waals surface area contributed by atoms with Gasteiger partial charge in [0, 0.05) is 22.2 Å². The lowest BCUT2D eigenvalue weighted by molar-refractivity contribution is 0.0871. The Morgan fingerprint density at radius 1 is 0.489 bits per heavy atom. The van der Waals surface area contributed by atoms with Gasteiger partial charge >= 0.3 is 0 Å². The number of sulfonamides is 3. The number of benzene rings is 6. The molecule has 3 amide bonds. The average molecular weight is 1290 g/mol. The quantitative estimate of drug-likeness (QED) is 0.0536. The minimum atomic E-state index is -3.63. The number of carbonyl (C=O) groups is 3. The zero-order valence-corrected chi connectivity index (χ0v) is 53.2. The number of hydrogen-bond donors (Lipinski definition) is 6. The molecule has 476 valence electrons. The summed E-state index contributed by atoms with van der Waals surface area (Å²) in [6.07, 6.45) is 0.762. The molecule has 0 atom stereocenters. The minimum Gasteiger partial charge on any atom is -0.490 e. The standard InChI is InChI=1S/C24H26N4O4S.C21H25N3O4S.C19H21N3O4S.CH4/c1-14-8-9-19-17(10-14)18(11-15(2)26-19)23(29)27-24(3,4)13-32-20-7-5-6-16-12-33(30,31)28-22(25)21(16)20;1-4-14-8-5-6-10-16(14)20(25)23-21(2,3)13-28-17-11-7-9-15-12-29(26,27)24-19(22)18(15)17;1-19(2,21-18(23)13-7-4-3-5-8-13)12-26-15-10-6-9-14-11-27(24,25)22-17(20)16(14)15;/h5-11H,12-13H2,1-4H3,(H2,25,28)(H,27,29);5-11H,4,12-13H2,1-3H3,(H2,22,24)(H,23,25);3-10H,11-12H2,1-2H3,(H2,20,22)(H,21,23);1H4. The average Bonchev–Trinajstić information content (AvgIpc) is 0.844. The third-order valence-corrected chi connectivity index (χ3v) is 17.4. The van der Waals surface area contributed by atoms with Crippen molar-refractivity contribution in [2.45, 2.75) is 110 Å². The van der Waals surface area contributed by atoms with E-state index in [0.29, 0.717) is 67.3 Å². The van der Waals surface area contributed by atoms with Crippen LogP contribution in [0.4, 0.5) is 0 Å². The van der Waals surface area contributed by atoms with E-state index >= 15 is 0 Å². The summed E-state index contributed by atoms with van der Waals surface area (Å²) in [4.78, 5) is 42.8. The Morgan fingerprint density at radius 3 is 1.30 bits per heavy atom. The van der Waals surface area contributed by atoms with E-state index in [0.717, 1.165) is 34.1 Å². The first kappa shape index (κ1) is 68.3. The molecule has 0 spiro atoms. The maximum absolute atomic E-state index is 13.2. The van der Waals surface area contributed by atoms with Crippen LogP contribution in [0.2, 0.25) is 0 Å². The van der Waals surface area contributed by atoms with Crippen molar-refractivity contribution < 1.29 is 53.8 Å². The summed E-state index contributed by atoms with van der Waals surface area (Å²) in [6, 6.07) is 39.3. The molecule has 0 radical (unpaired) electrons. The molecule has 0 fully saturated rings. The van der Waals surface area contributed by atoms with Gasteiger partial charge in [-0.2, -0.15) is 0 Å². The van der Waals surface area contributed by atoms with Crippen molar-refractivity contribution in [3.8, 4) is 17.2 Å². The van der Waals surface area contributed by atoms with Crippen molar-refractivity contribution in [3.05, 3.63) is 200 Å². The van der Waals surface area contributed by atoms with E-state index in [1.807, 2.05) is 105 Å². The van der Waals surface area contributed by atoms with E-state index in [2.05, 4.69) is 34.1 Å². The van der Waals surface area contributed by atoms with E-state index in [-0.39, 0.29) is 79.7 Å². The van der Waals surface area contributed by atoms with Gasteiger partial charge in [-0.1, -0.05) is 98.8 Å². The Morgan fingerprint density at radius 2 is 0.878 bits per heavy atom. The monoisotopic (exact) mass is 1280 g/mol. The van der Waals surface area contributed by atoms with Crippen molar-refractivity contribution in [2.75, 3.05) is 19.8 Å². The van der Waals surface area contributed by atoms with Crippen LogP contribution in [0.5, 0.6) is 17.2 Å². The van der Waals surface area contributed by atoms with Gasteiger partial charge < -0.3 is 47.4 Å². The van der Waals surface area contributed by atoms with Crippen molar-refractivity contribution in [3.63, 3.8) is 0 Å². The number of nitrogens with two attached hydrogens (primary N) is 3. The number of amidine groups is 3. The fraction of sp³-hybridized carbons (Fsp3) is 0.308. The molecule has 9 N–H and O–H groups in total.